The van der Waals surface area contributed by atoms with Crippen LogP contribution < -0.4 is 14.8 Å². The van der Waals surface area contributed by atoms with Gasteiger partial charge in [-0.05, 0) is 36.2 Å². The Labute approximate surface area is 163 Å². The van der Waals surface area contributed by atoms with Gasteiger partial charge in [-0.25, -0.2) is 12.8 Å². The number of carbonyl (C=O) groups excluding carboxylic acids is 1. The number of amides is 1. The van der Waals surface area contributed by atoms with Gasteiger partial charge in [0.1, 0.15) is 30.0 Å². The van der Waals surface area contributed by atoms with E-state index in [1.807, 2.05) is 0 Å². The fraction of sp³-hybridized carbons (Fsp3) is 0.316. The smallest absolute Gasteiger partial charge is 0.242 e. The minimum Gasteiger partial charge on any atom is -0.495 e. The van der Waals surface area contributed by atoms with Gasteiger partial charge in [0.25, 0.3) is 0 Å². The summed E-state index contributed by atoms with van der Waals surface area (Å²) in [6, 6.07) is 10.2. The second-order valence-electron chi connectivity index (χ2n) is 6.41. The quantitative estimate of drug-likeness (QED) is 0.793. The molecule has 0 aliphatic carbocycles. The monoisotopic (exact) mass is 408 g/mol. The van der Waals surface area contributed by atoms with Crippen molar-refractivity contribution >= 4 is 21.6 Å². The second-order valence-corrected chi connectivity index (χ2v) is 8.55. The van der Waals surface area contributed by atoms with E-state index >= 15 is 0 Å². The fourth-order valence-electron chi connectivity index (χ4n) is 2.96. The Hall–Kier alpha value is -2.65. The third kappa shape index (κ3) is 4.42. The van der Waals surface area contributed by atoms with E-state index in [9.17, 15) is 17.6 Å². The molecular formula is C19H21FN2O5S. The molecule has 1 amide bonds. The zero-order chi connectivity index (χ0) is 20.3. The van der Waals surface area contributed by atoms with Gasteiger partial charge in [-0.2, -0.15) is 4.31 Å². The molecule has 7 nitrogen and oxygen atoms in total. The van der Waals surface area contributed by atoms with Crippen LogP contribution in [0.25, 0.3) is 0 Å². The van der Waals surface area contributed by atoms with Crippen LogP contribution in [-0.4, -0.2) is 44.6 Å². The SMILES string of the molecule is COc1ccc(COc2cccc(F)c2)cc1NC(=O)C1CCS(=O)(=O)N1C. The average Bonchev–Trinajstić information content (AvgIpc) is 2.93. The topological polar surface area (TPSA) is 84.9 Å². The summed E-state index contributed by atoms with van der Waals surface area (Å²) in [5, 5.41) is 2.73. The number of nitrogens with zero attached hydrogens (tertiary/aromatic N) is 1. The van der Waals surface area contributed by atoms with Crippen molar-refractivity contribution in [3.8, 4) is 11.5 Å². The molecule has 0 spiro atoms. The lowest BCUT2D eigenvalue weighted by molar-refractivity contribution is -0.119. The number of methoxy groups -OCH3 is 1. The van der Waals surface area contributed by atoms with Crippen LogP contribution in [0.5, 0.6) is 11.5 Å². The summed E-state index contributed by atoms with van der Waals surface area (Å²) in [4.78, 5) is 12.6. The molecule has 28 heavy (non-hydrogen) atoms. The van der Waals surface area contributed by atoms with Gasteiger partial charge >= 0.3 is 0 Å². The van der Waals surface area contributed by atoms with Gasteiger partial charge in [0.05, 0.1) is 18.6 Å². The molecule has 2 aromatic carbocycles. The van der Waals surface area contributed by atoms with Crippen LogP contribution in [0.15, 0.2) is 42.5 Å². The zero-order valence-electron chi connectivity index (χ0n) is 15.5. The Morgan fingerprint density at radius 2 is 2.07 bits per heavy atom. The predicted molar refractivity (Wildman–Crippen MR) is 102 cm³/mol. The standard InChI is InChI=1S/C19H21FN2O5S/c1-22-17(8-9-28(22,24)25)19(23)21-16-10-13(6-7-18(16)26-2)12-27-15-5-3-4-14(20)11-15/h3-7,10-11,17H,8-9,12H2,1-2H3,(H,21,23). The first-order valence-electron chi connectivity index (χ1n) is 8.62. The fourth-order valence-corrected chi connectivity index (χ4v) is 4.36. The van der Waals surface area contributed by atoms with E-state index in [0.717, 1.165) is 9.87 Å². The van der Waals surface area contributed by atoms with E-state index in [0.29, 0.717) is 17.2 Å². The van der Waals surface area contributed by atoms with Crippen molar-refractivity contribution in [1.82, 2.24) is 4.31 Å². The van der Waals surface area contributed by atoms with Crippen molar-refractivity contribution in [3.63, 3.8) is 0 Å². The number of likely N-dealkylation sites (N-methyl/N-ethyl adjacent to an activating group) is 1. The zero-order valence-corrected chi connectivity index (χ0v) is 16.3. The highest BCUT2D eigenvalue weighted by molar-refractivity contribution is 7.89. The van der Waals surface area contributed by atoms with Crippen molar-refractivity contribution < 1.29 is 27.1 Å². The van der Waals surface area contributed by atoms with Crippen molar-refractivity contribution in [2.24, 2.45) is 0 Å². The van der Waals surface area contributed by atoms with Crippen LogP contribution in [0.1, 0.15) is 12.0 Å². The molecule has 1 aliphatic rings. The Kier molecular flexibility index (Phi) is 5.85. The number of hydrogen-bond donors (Lipinski definition) is 1. The molecule has 1 saturated heterocycles. The lowest BCUT2D eigenvalue weighted by Crippen LogP contribution is -2.38. The van der Waals surface area contributed by atoms with E-state index in [2.05, 4.69) is 5.32 Å². The number of ether oxygens (including phenoxy) is 2. The maximum Gasteiger partial charge on any atom is 0.242 e. The highest BCUT2D eigenvalue weighted by atomic mass is 32.2. The highest BCUT2D eigenvalue weighted by Crippen LogP contribution is 2.28. The van der Waals surface area contributed by atoms with Crippen molar-refractivity contribution in [2.75, 3.05) is 25.2 Å². The molecule has 3 rings (SSSR count). The van der Waals surface area contributed by atoms with Gasteiger partial charge in [-0.1, -0.05) is 12.1 Å². The molecule has 0 radical (unpaired) electrons. The summed E-state index contributed by atoms with van der Waals surface area (Å²) in [6.45, 7) is 0.161. The third-order valence-electron chi connectivity index (χ3n) is 4.55. The molecule has 150 valence electrons. The van der Waals surface area contributed by atoms with E-state index in [4.69, 9.17) is 9.47 Å². The van der Waals surface area contributed by atoms with E-state index < -0.39 is 27.8 Å². The molecule has 1 N–H and O–H groups in total. The minimum atomic E-state index is -3.39. The Bertz CT molecular complexity index is 980. The van der Waals surface area contributed by atoms with Gasteiger partial charge in [0, 0.05) is 13.1 Å². The molecular weight excluding hydrogens is 387 g/mol. The first kappa shape index (κ1) is 20.1. The molecule has 1 unspecified atom stereocenters. The number of halogens is 1. The molecule has 1 heterocycles. The molecule has 0 bridgehead atoms. The Morgan fingerprint density at radius 3 is 2.71 bits per heavy atom. The minimum absolute atomic E-state index is 0.0553. The highest BCUT2D eigenvalue weighted by Gasteiger charge is 2.38. The van der Waals surface area contributed by atoms with Gasteiger partial charge in [-0.3, -0.25) is 4.79 Å². The van der Waals surface area contributed by atoms with Crippen LogP contribution in [0, 0.1) is 5.82 Å². The first-order valence-corrected chi connectivity index (χ1v) is 10.2. The maximum atomic E-state index is 13.2. The lowest BCUT2D eigenvalue weighted by atomic mass is 10.1. The Balaban J connectivity index is 1.73. The van der Waals surface area contributed by atoms with Gasteiger partial charge in [0.2, 0.25) is 15.9 Å². The predicted octanol–water partition coefficient (Wildman–Crippen LogP) is 2.39. The van der Waals surface area contributed by atoms with E-state index in [1.165, 1.54) is 26.3 Å². The van der Waals surface area contributed by atoms with Gasteiger partial charge in [0.15, 0.2) is 0 Å². The number of nitrogens with one attached hydrogen (secondary N) is 1. The average molecular weight is 408 g/mol. The Morgan fingerprint density at radius 1 is 1.29 bits per heavy atom. The number of anilines is 1. The van der Waals surface area contributed by atoms with Crippen LogP contribution in [0.4, 0.5) is 10.1 Å². The van der Waals surface area contributed by atoms with Crippen LogP contribution in [0.3, 0.4) is 0 Å². The largest absolute Gasteiger partial charge is 0.495 e. The van der Waals surface area contributed by atoms with Crippen LogP contribution in [-0.2, 0) is 21.4 Å². The molecule has 2 aromatic rings. The number of rotatable bonds is 6. The third-order valence-corrected chi connectivity index (χ3v) is 6.44. The van der Waals surface area contributed by atoms with E-state index in [1.54, 1.807) is 30.3 Å². The van der Waals surface area contributed by atoms with E-state index in [-0.39, 0.29) is 18.8 Å². The summed E-state index contributed by atoms with van der Waals surface area (Å²) in [7, 11) is -0.519. The molecule has 1 atom stereocenters. The number of sulfonamides is 1. The normalized spacial score (nSPS) is 18.6. The maximum absolute atomic E-state index is 13.2. The summed E-state index contributed by atoms with van der Waals surface area (Å²) in [6.07, 6.45) is 0.232. The summed E-state index contributed by atoms with van der Waals surface area (Å²) in [5.41, 5.74) is 1.14. The number of hydrogen-bond acceptors (Lipinski definition) is 5. The number of benzene rings is 2. The van der Waals surface area contributed by atoms with Crippen molar-refractivity contribution in [1.29, 1.82) is 0 Å². The van der Waals surface area contributed by atoms with Gasteiger partial charge < -0.3 is 14.8 Å². The summed E-state index contributed by atoms with van der Waals surface area (Å²) >= 11 is 0. The molecule has 1 aliphatic heterocycles. The molecule has 9 heteroatoms. The van der Waals surface area contributed by atoms with Crippen molar-refractivity contribution in [2.45, 2.75) is 19.1 Å². The van der Waals surface area contributed by atoms with Crippen molar-refractivity contribution in [3.05, 3.63) is 53.8 Å². The van der Waals surface area contributed by atoms with Crippen LogP contribution in [0.2, 0.25) is 0 Å². The van der Waals surface area contributed by atoms with Gasteiger partial charge in [-0.15, -0.1) is 0 Å². The molecule has 0 aromatic heterocycles. The lowest BCUT2D eigenvalue weighted by Gasteiger charge is -2.19. The molecule has 1 fully saturated rings. The molecule has 0 saturated carbocycles. The summed E-state index contributed by atoms with van der Waals surface area (Å²) < 4.78 is 48.8. The second kappa shape index (κ2) is 8.15. The first-order chi connectivity index (χ1) is 13.3. The number of carbonyl (C=O) groups is 1. The van der Waals surface area contributed by atoms with Crippen LogP contribution >= 0.6 is 0 Å². The summed E-state index contributed by atoms with van der Waals surface area (Å²) in [5.74, 6) is -0.0494.